The second-order valence-corrected chi connectivity index (χ2v) is 5.28. The number of methoxy groups -OCH3 is 1. The first kappa shape index (κ1) is 14.4. The normalized spacial score (nSPS) is 9.85. The maximum atomic E-state index is 8.93. The van der Waals surface area contributed by atoms with Gasteiger partial charge in [-0.1, -0.05) is 28.1 Å². The van der Waals surface area contributed by atoms with E-state index in [0.29, 0.717) is 5.56 Å². The second-order valence-electron chi connectivity index (χ2n) is 4.37. The van der Waals surface area contributed by atoms with E-state index in [-0.39, 0.29) is 0 Å². The SMILES string of the molecule is COc1ccc(CCNc2cc(Br)cc(C#N)c2)cc1. The van der Waals surface area contributed by atoms with Crippen molar-refractivity contribution in [2.45, 2.75) is 6.42 Å². The van der Waals surface area contributed by atoms with E-state index >= 15 is 0 Å². The summed E-state index contributed by atoms with van der Waals surface area (Å²) in [7, 11) is 1.66. The lowest BCUT2D eigenvalue weighted by Crippen LogP contribution is -2.05. The maximum Gasteiger partial charge on any atom is 0.118 e. The van der Waals surface area contributed by atoms with Gasteiger partial charge in [-0.25, -0.2) is 0 Å². The van der Waals surface area contributed by atoms with Gasteiger partial charge in [0.25, 0.3) is 0 Å². The molecule has 2 aromatic carbocycles. The van der Waals surface area contributed by atoms with Gasteiger partial charge in [-0.05, 0) is 42.3 Å². The van der Waals surface area contributed by atoms with Gasteiger partial charge in [0.15, 0.2) is 0 Å². The Balaban J connectivity index is 1.92. The smallest absolute Gasteiger partial charge is 0.118 e. The van der Waals surface area contributed by atoms with E-state index in [1.807, 2.05) is 24.3 Å². The van der Waals surface area contributed by atoms with Crippen molar-refractivity contribution in [1.29, 1.82) is 5.26 Å². The predicted molar refractivity (Wildman–Crippen MR) is 84.0 cm³/mol. The van der Waals surface area contributed by atoms with Crippen LogP contribution in [0.25, 0.3) is 0 Å². The molecule has 2 rings (SSSR count). The molecule has 0 aliphatic carbocycles. The maximum absolute atomic E-state index is 8.93. The number of hydrogen-bond donors (Lipinski definition) is 1. The fourth-order valence-electron chi connectivity index (χ4n) is 1.90. The summed E-state index contributed by atoms with van der Waals surface area (Å²) in [5.41, 5.74) is 2.84. The molecule has 0 fully saturated rings. The van der Waals surface area contributed by atoms with E-state index in [0.717, 1.165) is 28.9 Å². The topological polar surface area (TPSA) is 45.0 Å². The van der Waals surface area contributed by atoms with Crippen LogP contribution < -0.4 is 10.1 Å². The van der Waals surface area contributed by atoms with Crippen molar-refractivity contribution in [1.82, 2.24) is 0 Å². The van der Waals surface area contributed by atoms with Crippen LogP contribution in [-0.2, 0) is 6.42 Å². The highest BCUT2D eigenvalue weighted by molar-refractivity contribution is 9.10. The van der Waals surface area contributed by atoms with Crippen LogP contribution in [0.5, 0.6) is 5.75 Å². The number of benzene rings is 2. The van der Waals surface area contributed by atoms with Crippen LogP contribution in [0.2, 0.25) is 0 Å². The molecule has 0 aliphatic rings. The monoisotopic (exact) mass is 330 g/mol. The molecule has 2 aromatic rings. The van der Waals surface area contributed by atoms with Gasteiger partial charge in [0.1, 0.15) is 5.75 Å². The fourth-order valence-corrected chi connectivity index (χ4v) is 2.39. The number of anilines is 1. The zero-order valence-corrected chi connectivity index (χ0v) is 12.8. The molecular formula is C16H15BrN2O. The first-order valence-electron chi connectivity index (χ1n) is 6.29. The molecule has 0 aromatic heterocycles. The van der Waals surface area contributed by atoms with E-state index in [4.69, 9.17) is 10.00 Å². The van der Waals surface area contributed by atoms with Gasteiger partial charge in [0.2, 0.25) is 0 Å². The minimum absolute atomic E-state index is 0.645. The van der Waals surface area contributed by atoms with Crippen molar-refractivity contribution in [2.75, 3.05) is 19.0 Å². The fraction of sp³-hybridized carbons (Fsp3) is 0.188. The summed E-state index contributed by atoms with van der Waals surface area (Å²) in [6.07, 6.45) is 0.915. The molecule has 0 amide bonds. The molecule has 0 spiro atoms. The number of nitrogens with one attached hydrogen (secondary N) is 1. The summed E-state index contributed by atoms with van der Waals surface area (Å²) in [4.78, 5) is 0. The summed E-state index contributed by atoms with van der Waals surface area (Å²) in [6, 6.07) is 15.8. The van der Waals surface area contributed by atoms with Crippen LogP contribution in [0.3, 0.4) is 0 Å². The number of halogens is 1. The molecule has 0 saturated heterocycles. The first-order valence-corrected chi connectivity index (χ1v) is 7.08. The Hall–Kier alpha value is -1.99. The predicted octanol–water partition coefficient (Wildman–Crippen LogP) is 3.98. The van der Waals surface area contributed by atoms with Crippen molar-refractivity contribution < 1.29 is 4.74 Å². The van der Waals surface area contributed by atoms with E-state index in [9.17, 15) is 0 Å². The molecule has 20 heavy (non-hydrogen) atoms. The Morgan fingerprint density at radius 1 is 1.20 bits per heavy atom. The van der Waals surface area contributed by atoms with E-state index < -0.39 is 0 Å². The lowest BCUT2D eigenvalue weighted by molar-refractivity contribution is 0.414. The molecule has 0 unspecified atom stereocenters. The number of nitriles is 1. The van der Waals surface area contributed by atoms with Gasteiger partial charge < -0.3 is 10.1 Å². The summed E-state index contributed by atoms with van der Waals surface area (Å²) >= 11 is 3.40. The molecule has 0 radical (unpaired) electrons. The summed E-state index contributed by atoms with van der Waals surface area (Å²) < 4.78 is 6.04. The van der Waals surface area contributed by atoms with Gasteiger partial charge >= 0.3 is 0 Å². The summed E-state index contributed by atoms with van der Waals surface area (Å²) in [5, 5.41) is 12.3. The lowest BCUT2D eigenvalue weighted by Gasteiger charge is -2.08. The number of ether oxygens (including phenoxy) is 1. The third-order valence-electron chi connectivity index (χ3n) is 2.93. The highest BCUT2D eigenvalue weighted by Crippen LogP contribution is 2.19. The van der Waals surface area contributed by atoms with Crippen LogP contribution in [-0.4, -0.2) is 13.7 Å². The Morgan fingerprint density at radius 2 is 1.95 bits per heavy atom. The molecule has 0 aliphatic heterocycles. The highest BCUT2D eigenvalue weighted by atomic mass is 79.9. The molecule has 0 bridgehead atoms. The van der Waals surface area contributed by atoms with E-state index in [2.05, 4.69) is 39.4 Å². The average Bonchev–Trinajstić information content (AvgIpc) is 2.47. The second kappa shape index (κ2) is 6.97. The van der Waals surface area contributed by atoms with Gasteiger partial charge in [0.05, 0.1) is 18.7 Å². The molecule has 0 saturated carbocycles. The Bertz CT molecular complexity index is 617. The number of rotatable bonds is 5. The van der Waals surface area contributed by atoms with E-state index in [1.165, 1.54) is 5.56 Å². The molecule has 3 nitrogen and oxygen atoms in total. The van der Waals surface area contributed by atoms with Gasteiger partial charge in [0, 0.05) is 16.7 Å². The molecule has 102 valence electrons. The summed E-state index contributed by atoms with van der Waals surface area (Å²) in [5.74, 6) is 0.868. The van der Waals surface area contributed by atoms with Crippen LogP contribution in [0.15, 0.2) is 46.9 Å². The number of nitrogens with zero attached hydrogens (tertiary/aromatic N) is 1. The minimum Gasteiger partial charge on any atom is -0.497 e. The largest absolute Gasteiger partial charge is 0.497 e. The van der Waals surface area contributed by atoms with Crippen LogP contribution >= 0.6 is 15.9 Å². The molecule has 4 heteroatoms. The molecule has 0 heterocycles. The Kier molecular flexibility index (Phi) is 5.03. The minimum atomic E-state index is 0.645. The van der Waals surface area contributed by atoms with Gasteiger partial charge in [-0.15, -0.1) is 0 Å². The number of hydrogen-bond acceptors (Lipinski definition) is 3. The lowest BCUT2D eigenvalue weighted by atomic mass is 10.1. The van der Waals surface area contributed by atoms with Crippen molar-refractivity contribution in [3.63, 3.8) is 0 Å². The van der Waals surface area contributed by atoms with E-state index in [1.54, 1.807) is 13.2 Å². The van der Waals surface area contributed by atoms with Crippen LogP contribution in [0.1, 0.15) is 11.1 Å². The molecular weight excluding hydrogens is 316 g/mol. The van der Waals surface area contributed by atoms with Crippen molar-refractivity contribution in [3.05, 3.63) is 58.1 Å². The van der Waals surface area contributed by atoms with Crippen molar-refractivity contribution >= 4 is 21.6 Å². The zero-order chi connectivity index (χ0) is 14.4. The third kappa shape index (κ3) is 4.01. The quantitative estimate of drug-likeness (QED) is 0.901. The van der Waals surface area contributed by atoms with Gasteiger partial charge in [-0.2, -0.15) is 5.26 Å². The Labute approximate surface area is 127 Å². The summed E-state index contributed by atoms with van der Waals surface area (Å²) in [6.45, 7) is 0.813. The van der Waals surface area contributed by atoms with Crippen molar-refractivity contribution in [2.24, 2.45) is 0 Å². The third-order valence-corrected chi connectivity index (χ3v) is 3.39. The van der Waals surface area contributed by atoms with Crippen LogP contribution in [0.4, 0.5) is 5.69 Å². The van der Waals surface area contributed by atoms with Crippen molar-refractivity contribution in [3.8, 4) is 11.8 Å². The highest BCUT2D eigenvalue weighted by Gasteiger charge is 1.99. The molecule has 0 atom stereocenters. The standard InChI is InChI=1S/C16H15BrN2O/c1-20-16-4-2-12(3-5-16)6-7-19-15-9-13(11-18)8-14(17)10-15/h2-5,8-10,19H,6-7H2,1H3. The molecule has 1 N–H and O–H groups in total. The Morgan fingerprint density at radius 3 is 2.60 bits per heavy atom. The average molecular weight is 331 g/mol. The zero-order valence-electron chi connectivity index (χ0n) is 11.2. The van der Waals surface area contributed by atoms with Crippen LogP contribution in [0, 0.1) is 11.3 Å². The van der Waals surface area contributed by atoms with Gasteiger partial charge in [-0.3, -0.25) is 0 Å². The first-order chi connectivity index (χ1) is 9.71.